The SMILES string of the molecule is [N-]=[N+]=NC(C=O)N=[N+]=[N-]. The van der Waals surface area contributed by atoms with E-state index < -0.39 is 6.17 Å². The minimum atomic E-state index is -1.25. The van der Waals surface area contributed by atoms with Crippen LogP contribution < -0.4 is 0 Å². The molecule has 0 saturated carbocycles. The van der Waals surface area contributed by atoms with Gasteiger partial charge in [0.15, 0.2) is 6.17 Å². The molecule has 46 valence electrons. The van der Waals surface area contributed by atoms with Crippen LogP contribution in [0.4, 0.5) is 0 Å². The maximum Gasteiger partial charge on any atom is 0.171 e. The second-order valence-corrected chi connectivity index (χ2v) is 0.960. The molecule has 7 heteroatoms. The molecule has 0 aromatic rings. The maximum absolute atomic E-state index is 9.76. The van der Waals surface area contributed by atoms with E-state index in [4.69, 9.17) is 11.1 Å². The van der Waals surface area contributed by atoms with Crippen molar-refractivity contribution in [2.45, 2.75) is 6.17 Å². The zero-order valence-electron chi connectivity index (χ0n) is 4.25. The van der Waals surface area contributed by atoms with E-state index in [1.54, 1.807) is 0 Å². The first kappa shape index (κ1) is 7.29. The van der Waals surface area contributed by atoms with Crippen LogP contribution in [0.5, 0.6) is 0 Å². The molecule has 0 aliphatic carbocycles. The van der Waals surface area contributed by atoms with Gasteiger partial charge in [-0.3, -0.25) is 0 Å². The summed E-state index contributed by atoms with van der Waals surface area (Å²) in [6.45, 7) is 0. The fourth-order valence-corrected chi connectivity index (χ4v) is 0.183. The third-order valence-electron chi connectivity index (χ3n) is 0.462. The molecule has 0 atom stereocenters. The Hall–Kier alpha value is -1.71. The van der Waals surface area contributed by atoms with Crippen LogP contribution in [0.25, 0.3) is 20.9 Å². The van der Waals surface area contributed by atoms with Gasteiger partial charge in [0.25, 0.3) is 0 Å². The van der Waals surface area contributed by atoms with Crippen molar-refractivity contribution >= 4 is 6.29 Å². The molecule has 0 saturated heterocycles. The second kappa shape index (κ2) is 4.45. The molecule has 0 aliphatic heterocycles. The van der Waals surface area contributed by atoms with Crippen LogP contribution in [-0.2, 0) is 4.79 Å². The highest BCUT2D eigenvalue weighted by molar-refractivity contribution is 5.57. The Morgan fingerprint density at radius 3 is 2.00 bits per heavy atom. The highest BCUT2D eigenvalue weighted by Gasteiger charge is 1.95. The second-order valence-electron chi connectivity index (χ2n) is 0.960. The van der Waals surface area contributed by atoms with Crippen molar-refractivity contribution in [3.63, 3.8) is 0 Å². The lowest BCUT2D eigenvalue weighted by Gasteiger charge is -1.83. The third-order valence-corrected chi connectivity index (χ3v) is 0.462. The summed E-state index contributed by atoms with van der Waals surface area (Å²) in [4.78, 5) is 14.3. The van der Waals surface area contributed by atoms with Crippen molar-refractivity contribution in [3.05, 3.63) is 20.9 Å². The highest BCUT2D eigenvalue weighted by atomic mass is 16.1. The third kappa shape index (κ3) is 2.93. The van der Waals surface area contributed by atoms with Gasteiger partial charge in [-0.1, -0.05) is 10.2 Å². The molecule has 0 rings (SSSR count). The van der Waals surface area contributed by atoms with E-state index in [-0.39, 0.29) is 6.29 Å². The molecule has 0 heterocycles. The molecule has 7 nitrogen and oxygen atoms in total. The van der Waals surface area contributed by atoms with Crippen LogP contribution in [-0.4, -0.2) is 12.5 Å². The maximum atomic E-state index is 9.76. The van der Waals surface area contributed by atoms with Gasteiger partial charge in [0.1, 0.15) is 6.29 Å². The predicted molar refractivity (Wildman–Crippen MR) is 28.1 cm³/mol. The van der Waals surface area contributed by atoms with Gasteiger partial charge in [-0.15, -0.1) is 0 Å². The first-order valence-corrected chi connectivity index (χ1v) is 1.89. The Morgan fingerprint density at radius 2 is 1.78 bits per heavy atom. The Labute approximate surface area is 49.5 Å². The van der Waals surface area contributed by atoms with Gasteiger partial charge < -0.3 is 4.79 Å². The molecule has 0 fully saturated rings. The predicted octanol–water partition coefficient (Wildman–Crippen LogP) is 1.13. The van der Waals surface area contributed by atoms with Gasteiger partial charge >= 0.3 is 0 Å². The van der Waals surface area contributed by atoms with Crippen LogP contribution >= 0.6 is 0 Å². The lowest BCUT2D eigenvalue weighted by Crippen LogP contribution is -1.96. The largest absolute Gasteiger partial charge is 0.303 e. The van der Waals surface area contributed by atoms with E-state index in [2.05, 4.69) is 20.1 Å². The molecule has 9 heavy (non-hydrogen) atoms. The fourth-order valence-electron chi connectivity index (χ4n) is 0.183. The summed E-state index contributed by atoms with van der Waals surface area (Å²) in [5, 5.41) is 5.65. The summed E-state index contributed by atoms with van der Waals surface area (Å²) in [5.41, 5.74) is 15.4. The average molecular weight is 126 g/mol. The summed E-state index contributed by atoms with van der Waals surface area (Å²) in [6, 6.07) is 0. The summed E-state index contributed by atoms with van der Waals surface area (Å²) >= 11 is 0. The highest BCUT2D eigenvalue weighted by Crippen LogP contribution is 1.87. The summed E-state index contributed by atoms with van der Waals surface area (Å²) in [6.07, 6.45) is -1.00. The number of azide groups is 1. The molecule has 0 spiro atoms. The Kier molecular flexibility index (Phi) is 3.60. The van der Waals surface area contributed by atoms with E-state index >= 15 is 0 Å². The summed E-state index contributed by atoms with van der Waals surface area (Å²) < 4.78 is 0. The van der Waals surface area contributed by atoms with Crippen molar-refractivity contribution in [1.82, 2.24) is 0 Å². The number of nitrogens with zero attached hydrogens (tertiary/aromatic N) is 6. The smallest absolute Gasteiger partial charge is 0.171 e. The van der Waals surface area contributed by atoms with Gasteiger partial charge in [-0.2, -0.15) is 0 Å². The van der Waals surface area contributed by atoms with Gasteiger partial charge in [-0.05, 0) is 11.1 Å². The Balaban J connectivity index is 4.14. The lowest BCUT2D eigenvalue weighted by molar-refractivity contribution is -0.108. The first-order valence-electron chi connectivity index (χ1n) is 1.89. The minimum absolute atomic E-state index is 0.249. The average Bonchev–Trinajstić information content (AvgIpc) is 1.88. The van der Waals surface area contributed by atoms with Crippen molar-refractivity contribution in [2.24, 2.45) is 10.2 Å². The quantitative estimate of drug-likeness (QED) is 0.240. The normalized spacial score (nSPS) is 10.2. The summed E-state index contributed by atoms with van der Waals surface area (Å²) in [5.74, 6) is 0. The zero-order valence-corrected chi connectivity index (χ0v) is 4.25. The van der Waals surface area contributed by atoms with Crippen molar-refractivity contribution in [3.8, 4) is 0 Å². The van der Waals surface area contributed by atoms with E-state index in [1.165, 1.54) is 0 Å². The molecule has 0 aromatic heterocycles. The van der Waals surface area contributed by atoms with E-state index in [0.717, 1.165) is 0 Å². The molecular formula is C2H2N6O. The molecule has 0 aliphatic rings. The molecule has 0 N–H and O–H groups in total. The molecule has 0 bridgehead atoms. The van der Waals surface area contributed by atoms with Gasteiger partial charge in [0.05, 0.1) is 0 Å². The first-order chi connectivity index (χ1) is 4.35. The molecule has 0 radical (unpaired) electrons. The van der Waals surface area contributed by atoms with Crippen LogP contribution in [0.15, 0.2) is 10.2 Å². The van der Waals surface area contributed by atoms with E-state index in [1.807, 2.05) is 0 Å². The number of carbonyl (C=O) groups is 1. The minimum Gasteiger partial charge on any atom is -0.303 e. The Bertz CT molecular complexity index is 167. The number of hydrogen-bond acceptors (Lipinski definition) is 3. The number of rotatable bonds is 3. The molecule has 0 aromatic carbocycles. The molecular weight excluding hydrogens is 124 g/mol. The Morgan fingerprint density at radius 1 is 1.33 bits per heavy atom. The zero-order chi connectivity index (χ0) is 7.11. The molecule has 0 amide bonds. The standard InChI is InChI=1S/C2H2N6O/c3-7-5-2(1-9)6-8-4/h1-2H. The van der Waals surface area contributed by atoms with Crippen molar-refractivity contribution < 1.29 is 4.79 Å². The lowest BCUT2D eigenvalue weighted by atomic mass is 10.6. The van der Waals surface area contributed by atoms with Crippen molar-refractivity contribution in [1.29, 1.82) is 0 Å². The van der Waals surface area contributed by atoms with Crippen LogP contribution in [0.1, 0.15) is 0 Å². The molecule has 0 unspecified atom stereocenters. The van der Waals surface area contributed by atoms with Crippen LogP contribution in [0, 0.1) is 0 Å². The van der Waals surface area contributed by atoms with Crippen LogP contribution in [0.2, 0.25) is 0 Å². The number of hydrogen-bond donors (Lipinski definition) is 0. The summed E-state index contributed by atoms with van der Waals surface area (Å²) in [7, 11) is 0. The van der Waals surface area contributed by atoms with E-state index in [9.17, 15) is 4.79 Å². The topological polar surface area (TPSA) is 115 Å². The van der Waals surface area contributed by atoms with Gasteiger partial charge in [0, 0.05) is 9.82 Å². The van der Waals surface area contributed by atoms with Crippen molar-refractivity contribution in [2.75, 3.05) is 0 Å². The number of carbonyl (C=O) groups excluding carboxylic acids is 1. The monoisotopic (exact) mass is 126 g/mol. The fraction of sp³-hybridized carbons (Fsp3) is 0.500. The van der Waals surface area contributed by atoms with Crippen LogP contribution in [0.3, 0.4) is 0 Å². The van der Waals surface area contributed by atoms with E-state index in [0.29, 0.717) is 0 Å². The van der Waals surface area contributed by atoms with Gasteiger partial charge in [0.2, 0.25) is 0 Å². The number of aldehydes is 1. The van der Waals surface area contributed by atoms with Gasteiger partial charge in [-0.25, -0.2) is 0 Å².